The van der Waals surface area contributed by atoms with Crippen molar-refractivity contribution in [3.63, 3.8) is 0 Å². The number of carbonyl (C=O) groups excluding carboxylic acids is 1. The van der Waals surface area contributed by atoms with Crippen LogP contribution >= 0.6 is 0 Å². The SMILES string of the molecule is CCNC(=O)C(C)NCC1CCCO1. The lowest BCUT2D eigenvalue weighted by Crippen LogP contribution is -2.44. The van der Waals surface area contributed by atoms with Gasteiger partial charge in [-0.25, -0.2) is 0 Å². The molecule has 0 bridgehead atoms. The van der Waals surface area contributed by atoms with E-state index in [0.29, 0.717) is 12.6 Å². The largest absolute Gasteiger partial charge is 0.377 e. The summed E-state index contributed by atoms with van der Waals surface area (Å²) in [4.78, 5) is 11.3. The summed E-state index contributed by atoms with van der Waals surface area (Å²) in [5.41, 5.74) is 0. The predicted molar refractivity (Wildman–Crippen MR) is 55.1 cm³/mol. The standard InChI is InChI=1S/C10H20N2O2/c1-3-11-10(13)8(2)12-7-9-5-4-6-14-9/h8-9,12H,3-7H2,1-2H3,(H,11,13). The molecule has 4 heteroatoms. The zero-order chi connectivity index (χ0) is 10.4. The average Bonchev–Trinajstić information content (AvgIpc) is 2.67. The van der Waals surface area contributed by atoms with Gasteiger partial charge in [-0.3, -0.25) is 4.79 Å². The van der Waals surface area contributed by atoms with E-state index in [0.717, 1.165) is 26.0 Å². The van der Waals surface area contributed by atoms with E-state index in [2.05, 4.69) is 10.6 Å². The monoisotopic (exact) mass is 200 g/mol. The molecule has 1 heterocycles. The molecule has 1 fully saturated rings. The number of ether oxygens (including phenoxy) is 1. The molecule has 1 aliphatic heterocycles. The lowest BCUT2D eigenvalue weighted by atomic mass is 10.2. The molecule has 0 aliphatic carbocycles. The van der Waals surface area contributed by atoms with Gasteiger partial charge in [-0.05, 0) is 26.7 Å². The molecule has 2 unspecified atom stereocenters. The summed E-state index contributed by atoms with van der Waals surface area (Å²) in [5.74, 6) is 0.0606. The van der Waals surface area contributed by atoms with Crippen LogP contribution in [0.4, 0.5) is 0 Å². The van der Waals surface area contributed by atoms with Gasteiger partial charge < -0.3 is 15.4 Å². The van der Waals surface area contributed by atoms with E-state index in [1.807, 2.05) is 13.8 Å². The van der Waals surface area contributed by atoms with Crippen LogP contribution in [0.5, 0.6) is 0 Å². The number of nitrogens with one attached hydrogen (secondary N) is 2. The minimum atomic E-state index is -0.126. The molecule has 1 amide bonds. The predicted octanol–water partition coefficient (Wildman–Crippen LogP) is 0.280. The molecule has 0 spiro atoms. The molecule has 1 saturated heterocycles. The van der Waals surface area contributed by atoms with E-state index in [9.17, 15) is 4.79 Å². The van der Waals surface area contributed by atoms with Gasteiger partial charge in [-0.2, -0.15) is 0 Å². The molecule has 1 aliphatic rings. The molecule has 82 valence electrons. The van der Waals surface area contributed by atoms with E-state index in [-0.39, 0.29) is 11.9 Å². The molecule has 0 aromatic carbocycles. The van der Waals surface area contributed by atoms with Crippen molar-refractivity contribution in [3.05, 3.63) is 0 Å². The van der Waals surface area contributed by atoms with E-state index >= 15 is 0 Å². The fourth-order valence-electron chi connectivity index (χ4n) is 1.53. The number of hydrogen-bond donors (Lipinski definition) is 2. The van der Waals surface area contributed by atoms with Gasteiger partial charge in [0.25, 0.3) is 0 Å². The first-order chi connectivity index (χ1) is 6.74. The van der Waals surface area contributed by atoms with Crippen LogP contribution < -0.4 is 10.6 Å². The van der Waals surface area contributed by atoms with Crippen molar-refractivity contribution >= 4 is 5.91 Å². The highest BCUT2D eigenvalue weighted by Gasteiger charge is 2.18. The van der Waals surface area contributed by atoms with Gasteiger partial charge >= 0.3 is 0 Å². The van der Waals surface area contributed by atoms with E-state index in [4.69, 9.17) is 4.74 Å². The Morgan fingerprint density at radius 3 is 3.00 bits per heavy atom. The van der Waals surface area contributed by atoms with Gasteiger partial charge in [-0.1, -0.05) is 0 Å². The first-order valence-corrected chi connectivity index (χ1v) is 5.36. The van der Waals surface area contributed by atoms with Crippen LogP contribution in [-0.4, -0.2) is 37.7 Å². The van der Waals surface area contributed by atoms with Crippen molar-refractivity contribution in [1.29, 1.82) is 0 Å². The Morgan fingerprint density at radius 2 is 2.43 bits per heavy atom. The highest BCUT2D eigenvalue weighted by Crippen LogP contribution is 2.10. The van der Waals surface area contributed by atoms with Crippen molar-refractivity contribution in [1.82, 2.24) is 10.6 Å². The number of amides is 1. The van der Waals surface area contributed by atoms with Crippen LogP contribution in [-0.2, 0) is 9.53 Å². The fourth-order valence-corrected chi connectivity index (χ4v) is 1.53. The molecule has 1 rings (SSSR count). The first-order valence-electron chi connectivity index (χ1n) is 5.36. The Labute approximate surface area is 85.4 Å². The zero-order valence-electron chi connectivity index (χ0n) is 9.01. The maximum Gasteiger partial charge on any atom is 0.236 e. The topological polar surface area (TPSA) is 50.4 Å². The molecule has 2 N–H and O–H groups in total. The number of likely N-dealkylation sites (N-methyl/N-ethyl adjacent to an activating group) is 1. The zero-order valence-corrected chi connectivity index (χ0v) is 9.01. The first kappa shape index (κ1) is 11.5. The Kier molecular flexibility index (Phi) is 4.90. The number of hydrogen-bond acceptors (Lipinski definition) is 3. The van der Waals surface area contributed by atoms with Crippen LogP contribution in [0, 0.1) is 0 Å². The fraction of sp³-hybridized carbons (Fsp3) is 0.900. The highest BCUT2D eigenvalue weighted by atomic mass is 16.5. The summed E-state index contributed by atoms with van der Waals surface area (Å²) in [7, 11) is 0. The van der Waals surface area contributed by atoms with E-state index in [1.165, 1.54) is 0 Å². The number of carbonyl (C=O) groups is 1. The van der Waals surface area contributed by atoms with Gasteiger partial charge in [-0.15, -0.1) is 0 Å². The van der Waals surface area contributed by atoms with Crippen LogP contribution in [0.25, 0.3) is 0 Å². The van der Waals surface area contributed by atoms with Gasteiger partial charge in [0, 0.05) is 19.7 Å². The van der Waals surface area contributed by atoms with Gasteiger partial charge in [0.05, 0.1) is 12.1 Å². The lowest BCUT2D eigenvalue weighted by Gasteiger charge is -2.16. The second-order valence-corrected chi connectivity index (χ2v) is 3.66. The summed E-state index contributed by atoms with van der Waals surface area (Å²) in [5, 5.41) is 5.95. The maximum atomic E-state index is 11.3. The minimum Gasteiger partial charge on any atom is -0.377 e. The molecular formula is C10H20N2O2. The van der Waals surface area contributed by atoms with Crippen LogP contribution in [0.3, 0.4) is 0 Å². The van der Waals surface area contributed by atoms with Gasteiger partial charge in [0.2, 0.25) is 5.91 Å². The van der Waals surface area contributed by atoms with Crippen molar-refractivity contribution in [2.45, 2.75) is 38.8 Å². The maximum absolute atomic E-state index is 11.3. The minimum absolute atomic E-state index is 0.0606. The molecule has 0 radical (unpaired) electrons. The van der Waals surface area contributed by atoms with Crippen molar-refractivity contribution in [2.75, 3.05) is 19.7 Å². The van der Waals surface area contributed by atoms with E-state index in [1.54, 1.807) is 0 Å². The Morgan fingerprint density at radius 1 is 1.64 bits per heavy atom. The molecular weight excluding hydrogens is 180 g/mol. The number of rotatable bonds is 5. The summed E-state index contributed by atoms with van der Waals surface area (Å²) in [6.45, 7) is 6.12. The molecule has 0 saturated carbocycles. The summed E-state index contributed by atoms with van der Waals surface area (Å²) < 4.78 is 5.45. The van der Waals surface area contributed by atoms with Crippen LogP contribution in [0.1, 0.15) is 26.7 Å². The summed E-state index contributed by atoms with van der Waals surface area (Å²) in [6, 6.07) is -0.126. The lowest BCUT2D eigenvalue weighted by molar-refractivity contribution is -0.122. The van der Waals surface area contributed by atoms with E-state index < -0.39 is 0 Å². The third-order valence-electron chi connectivity index (χ3n) is 2.42. The normalized spacial score (nSPS) is 23.4. The third kappa shape index (κ3) is 3.64. The second-order valence-electron chi connectivity index (χ2n) is 3.66. The summed E-state index contributed by atoms with van der Waals surface area (Å²) >= 11 is 0. The van der Waals surface area contributed by atoms with Crippen LogP contribution in [0.2, 0.25) is 0 Å². The Hall–Kier alpha value is -0.610. The third-order valence-corrected chi connectivity index (χ3v) is 2.42. The molecule has 14 heavy (non-hydrogen) atoms. The average molecular weight is 200 g/mol. The van der Waals surface area contributed by atoms with Crippen LogP contribution in [0.15, 0.2) is 0 Å². The Bertz CT molecular complexity index is 179. The molecule has 4 nitrogen and oxygen atoms in total. The second kappa shape index (κ2) is 5.98. The highest BCUT2D eigenvalue weighted by molar-refractivity contribution is 5.81. The molecule has 2 atom stereocenters. The van der Waals surface area contributed by atoms with Gasteiger partial charge in [0.1, 0.15) is 0 Å². The molecule has 0 aromatic rings. The van der Waals surface area contributed by atoms with Crippen molar-refractivity contribution < 1.29 is 9.53 Å². The van der Waals surface area contributed by atoms with Gasteiger partial charge in [0.15, 0.2) is 0 Å². The van der Waals surface area contributed by atoms with Crippen molar-refractivity contribution in [2.24, 2.45) is 0 Å². The quantitative estimate of drug-likeness (QED) is 0.670. The molecule has 0 aromatic heterocycles. The smallest absolute Gasteiger partial charge is 0.236 e. The Balaban J connectivity index is 2.13. The van der Waals surface area contributed by atoms with Crippen molar-refractivity contribution in [3.8, 4) is 0 Å². The summed E-state index contributed by atoms with van der Waals surface area (Å²) in [6.07, 6.45) is 2.55.